The minimum Gasteiger partial charge on any atom is -0.484 e. The summed E-state index contributed by atoms with van der Waals surface area (Å²) in [4.78, 5) is 30.6. The molecule has 0 aliphatic carbocycles. The molecule has 1 aliphatic rings. The summed E-state index contributed by atoms with van der Waals surface area (Å²) < 4.78 is 6.82. The highest BCUT2D eigenvalue weighted by molar-refractivity contribution is 7.18. The molecule has 4 rings (SSSR count). The number of hydrogen-bond acceptors (Lipinski definition) is 5. The first-order valence-corrected chi connectivity index (χ1v) is 10.3. The lowest BCUT2D eigenvalue weighted by atomic mass is 9.99. The summed E-state index contributed by atoms with van der Waals surface area (Å²) in [5, 5.41) is 1.11. The minimum atomic E-state index is -0.0125. The number of likely N-dealkylation sites (tertiary alicyclic amines) is 1. The Morgan fingerprint density at radius 2 is 1.96 bits per heavy atom. The quantitative estimate of drug-likeness (QED) is 0.606. The molecule has 1 aromatic heterocycles. The largest absolute Gasteiger partial charge is 0.484 e. The van der Waals surface area contributed by atoms with E-state index in [1.165, 1.54) is 11.6 Å². The van der Waals surface area contributed by atoms with Crippen LogP contribution in [0.2, 0.25) is 0 Å². The SMILES string of the molecule is CC(=O)c1ccc(OCC(=O)N2CCC[C@H](c3nc4ccccc4s3)C2)cc1. The summed E-state index contributed by atoms with van der Waals surface area (Å²) >= 11 is 1.72. The van der Waals surface area contributed by atoms with Crippen molar-refractivity contribution in [3.8, 4) is 5.75 Å². The number of carbonyl (C=O) groups excluding carboxylic acids is 2. The average Bonchev–Trinajstić information content (AvgIpc) is 3.17. The van der Waals surface area contributed by atoms with Crippen LogP contribution in [0.15, 0.2) is 48.5 Å². The number of ether oxygens (including phenoxy) is 1. The molecule has 0 unspecified atom stereocenters. The first-order chi connectivity index (χ1) is 13.6. The maximum absolute atomic E-state index is 12.6. The Balaban J connectivity index is 1.37. The fourth-order valence-electron chi connectivity index (χ4n) is 3.49. The van der Waals surface area contributed by atoms with Gasteiger partial charge in [0.15, 0.2) is 12.4 Å². The van der Waals surface area contributed by atoms with Gasteiger partial charge in [0.05, 0.1) is 15.2 Å². The molecule has 2 aromatic carbocycles. The van der Waals surface area contributed by atoms with Crippen molar-refractivity contribution < 1.29 is 14.3 Å². The fraction of sp³-hybridized carbons (Fsp3) is 0.318. The number of hydrogen-bond donors (Lipinski definition) is 0. The molecule has 0 N–H and O–H groups in total. The number of para-hydroxylation sites is 1. The Labute approximate surface area is 168 Å². The van der Waals surface area contributed by atoms with Crippen molar-refractivity contribution in [1.29, 1.82) is 0 Å². The summed E-state index contributed by atoms with van der Waals surface area (Å²) in [6, 6.07) is 15.0. The zero-order valence-corrected chi connectivity index (χ0v) is 16.6. The Morgan fingerprint density at radius 3 is 2.71 bits per heavy atom. The first-order valence-electron chi connectivity index (χ1n) is 9.47. The number of Topliss-reactive ketones (excluding diaryl/α,β-unsaturated/α-hetero) is 1. The number of piperidine rings is 1. The molecule has 0 saturated carbocycles. The van der Waals surface area contributed by atoms with E-state index < -0.39 is 0 Å². The smallest absolute Gasteiger partial charge is 0.260 e. The number of fused-ring (bicyclic) bond motifs is 1. The third-order valence-electron chi connectivity index (χ3n) is 5.06. The number of rotatable bonds is 5. The van der Waals surface area contributed by atoms with Crippen molar-refractivity contribution >= 4 is 33.2 Å². The predicted molar refractivity (Wildman–Crippen MR) is 110 cm³/mol. The van der Waals surface area contributed by atoms with E-state index in [1.54, 1.807) is 35.6 Å². The first kappa shape index (κ1) is 18.6. The lowest BCUT2D eigenvalue weighted by Crippen LogP contribution is -2.41. The van der Waals surface area contributed by atoms with Crippen molar-refractivity contribution in [2.24, 2.45) is 0 Å². The Hall–Kier alpha value is -2.73. The molecule has 3 aromatic rings. The van der Waals surface area contributed by atoms with E-state index in [0.29, 0.717) is 17.9 Å². The van der Waals surface area contributed by atoms with E-state index >= 15 is 0 Å². The molecule has 1 fully saturated rings. The molecular formula is C22H22N2O3S. The fourth-order valence-corrected chi connectivity index (χ4v) is 4.59. The van der Waals surface area contributed by atoms with E-state index in [4.69, 9.17) is 9.72 Å². The number of benzene rings is 2. The van der Waals surface area contributed by atoms with Gasteiger partial charge in [-0.3, -0.25) is 9.59 Å². The van der Waals surface area contributed by atoms with Gasteiger partial charge in [0.1, 0.15) is 5.75 Å². The number of amides is 1. The number of aromatic nitrogens is 1. The molecule has 1 saturated heterocycles. The van der Waals surface area contributed by atoms with Gasteiger partial charge in [-0.2, -0.15) is 0 Å². The molecular weight excluding hydrogens is 372 g/mol. The summed E-state index contributed by atoms with van der Waals surface area (Å²) in [5.74, 6) is 0.876. The molecule has 6 heteroatoms. The standard InChI is InChI=1S/C22H22N2O3S/c1-15(25)16-8-10-18(11-9-16)27-14-21(26)24-12-4-5-17(13-24)22-23-19-6-2-3-7-20(19)28-22/h2-3,6-11,17H,4-5,12-14H2,1H3/t17-/m0/s1. The number of nitrogens with zero attached hydrogens (tertiary/aromatic N) is 2. The predicted octanol–water partition coefficient (Wildman–Crippen LogP) is 4.28. The van der Waals surface area contributed by atoms with Crippen molar-refractivity contribution in [1.82, 2.24) is 9.88 Å². The monoisotopic (exact) mass is 394 g/mol. The van der Waals surface area contributed by atoms with Gasteiger partial charge in [0.2, 0.25) is 0 Å². The van der Waals surface area contributed by atoms with Gasteiger partial charge in [-0.15, -0.1) is 11.3 Å². The van der Waals surface area contributed by atoms with E-state index in [2.05, 4.69) is 6.07 Å². The van der Waals surface area contributed by atoms with Crippen molar-refractivity contribution in [2.45, 2.75) is 25.7 Å². The lowest BCUT2D eigenvalue weighted by molar-refractivity contribution is -0.134. The van der Waals surface area contributed by atoms with Crippen LogP contribution in [0.5, 0.6) is 5.75 Å². The van der Waals surface area contributed by atoms with Gasteiger partial charge in [0, 0.05) is 24.6 Å². The average molecular weight is 394 g/mol. The van der Waals surface area contributed by atoms with Crippen LogP contribution in [0.4, 0.5) is 0 Å². The van der Waals surface area contributed by atoms with Gasteiger partial charge in [-0.1, -0.05) is 12.1 Å². The van der Waals surface area contributed by atoms with Crippen LogP contribution in [0.1, 0.15) is 41.0 Å². The summed E-state index contributed by atoms with van der Waals surface area (Å²) in [7, 11) is 0. The van der Waals surface area contributed by atoms with Crippen LogP contribution in [-0.4, -0.2) is 41.3 Å². The second-order valence-electron chi connectivity index (χ2n) is 7.07. The molecule has 0 radical (unpaired) electrons. The van der Waals surface area contributed by atoms with Crippen LogP contribution in [0.3, 0.4) is 0 Å². The van der Waals surface area contributed by atoms with Crippen LogP contribution in [-0.2, 0) is 4.79 Å². The van der Waals surface area contributed by atoms with Gasteiger partial charge < -0.3 is 9.64 Å². The summed E-state index contributed by atoms with van der Waals surface area (Å²) in [6.07, 6.45) is 2.02. The maximum Gasteiger partial charge on any atom is 0.260 e. The lowest BCUT2D eigenvalue weighted by Gasteiger charge is -2.31. The van der Waals surface area contributed by atoms with Gasteiger partial charge in [-0.25, -0.2) is 4.98 Å². The zero-order chi connectivity index (χ0) is 19.5. The molecule has 1 amide bonds. The summed E-state index contributed by atoms with van der Waals surface area (Å²) in [6.45, 7) is 2.97. The highest BCUT2D eigenvalue weighted by Crippen LogP contribution is 2.33. The molecule has 1 atom stereocenters. The third-order valence-corrected chi connectivity index (χ3v) is 6.26. The van der Waals surface area contributed by atoms with Crippen molar-refractivity contribution in [3.63, 3.8) is 0 Å². The number of thiazole rings is 1. The van der Waals surface area contributed by atoms with Crippen LogP contribution in [0, 0.1) is 0 Å². The molecule has 28 heavy (non-hydrogen) atoms. The highest BCUT2D eigenvalue weighted by Gasteiger charge is 2.27. The molecule has 0 spiro atoms. The molecule has 144 valence electrons. The molecule has 5 nitrogen and oxygen atoms in total. The van der Waals surface area contributed by atoms with Gasteiger partial charge >= 0.3 is 0 Å². The second-order valence-corrected chi connectivity index (χ2v) is 8.13. The van der Waals surface area contributed by atoms with E-state index in [-0.39, 0.29) is 24.2 Å². The minimum absolute atomic E-state index is 0.00594. The second kappa shape index (κ2) is 8.10. The topological polar surface area (TPSA) is 59.5 Å². The number of carbonyl (C=O) groups is 2. The molecule has 1 aliphatic heterocycles. The summed E-state index contributed by atoms with van der Waals surface area (Å²) in [5.41, 5.74) is 1.66. The van der Waals surface area contributed by atoms with Crippen LogP contribution < -0.4 is 4.74 Å². The van der Waals surface area contributed by atoms with E-state index in [9.17, 15) is 9.59 Å². The molecule has 2 heterocycles. The maximum atomic E-state index is 12.6. The Morgan fingerprint density at radius 1 is 1.18 bits per heavy atom. The highest BCUT2D eigenvalue weighted by atomic mass is 32.1. The van der Waals surface area contributed by atoms with Crippen molar-refractivity contribution in [3.05, 3.63) is 59.1 Å². The zero-order valence-electron chi connectivity index (χ0n) is 15.8. The number of ketones is 1. The molecule has 0 bridgehead atoms. The third kappa shape index (κ3) is 4.07. The van der Waals surface area contributed by atoms with E-state index in [1.807, 2.05) is 23.1 Å². The van der Waals surface area contributed by atoms with Crippen LogP contribution in [0.25, 0.3) is 10.2 Å². The van der Waals surface area contributed by atoms with Gasteiger partial charge in [0.25, 0.3) is 5.91 Å². The Kier molecular flexibility index (Phi) is 5.39. The Bertz CT molecular complexity index is 963. The van der Waals surface area contributed by atoms with Gasteiger partial charge in [-0.05, 0) is 56.2 Å². The van der Waals surface area contributed by atoms with Crippen molar-refractivity contribution in [2.75, 3.05) is 19.7 Å². The normalized spacial score (nSPS) is 16.9. The van der Waals surface area contributed by atoms with Crippen LogP contribution >= 0.6 is 11.3 Å². The van der Waals surface area contributed by atoms with E-state index in [0.717, 1.165) is 29.9 Å².